The SMILES string of the molecule is CCc1cccc(C)c1NC(=O)N(C)CCc1ccccc1. The molecule has 2 aromatic carbocycles. The Morgan fingerprint density at radius 3 is 2.50 bits per heavy atom. The van der Waals surface area contributed by atoms with Crippen molar-refractivity contribution in [2.24, 2.45) is 0 Å². The lowest BCUT2D eigenvalue weighted by atomic mass is 10.1. The van der Waals surface area contributed by atoms with Crippen LogP contribution in [0.3, 0.4) is 0 Å². The van der Waals surface area contributed by atoms with E-state index < -0.39 is 0 Å². The van der Waals surface area contributed by atoms with Gasteiger partial charge in [-0.2, -0.15) is 0 Å². The fourth-order valence-corrected chi connectivity index (χ4v) is 2.45. The Hall–Kier alpha value is -2.29. The molecule has 2 aromatic rings. The normalized spacial score (nSPS) is 10.3. The fraction of sp³-hybridized carbons (Fsp3) is 0.316. The number of likely N-dealkylation sites (N-methyl/N-ethyl adjacent to an activating group) is 1. The first kappa shape index (κ1) is 16.1. The van der Waals surface area contributed by atoms with E-state index in [0.717, 1.165) is 24.1 Å². The van der Waals surface area contributed by atoms with Gasteiger partial charge in [0.15, 0.2) is 0 Å². The molecule has 0 radical (unpaired) electrons. The van der Waals surface area contributed by atoms with Crippen LogP contribution in [-0.2, 0) is 12.8 Å². The van der Waals surface area contributed by atoms with E-state index in [-0.39, 0.29) is 6.03 Å². The Labute approximate surface area is 133 Å². The van der Waals surface area contributed by atoms with E-state index in [1.165, 1.54) is 11.1 Å². The van der Waals surface area contributed by atoms with Gasteiger partial charge in [-0.15, -0.1) is 0 Å². The first-order valence-electron chi connectivity index (χ1n) is 7.76. The predicted octanol–water partition coefficient (Wildman–Crippen LogP) is 4.26. The number of hydrogen-bond acceptors (Lipinski definition) is 1. The lowest BCUT2D eigenvalue weighted by Gasteiger charge is -2.20. The van der Waals surface area contributed by atoms with Gasteiger partial charge in [0.05, 0.1) is 0 Å². The number of anilines is 1. The van der Waals surface area contributed by atoms with Crippen molar-refractivity contribution in [1.82, 2.24) is 4.90 Å². The number of nitrogens with one attached hydrogen (secondary N) is 1. The quantitative estimate of drug-likeness (QED) is 0.878. The van der Waals surface area contributed by atoms with E-state index in [1.54, 1.807) is 4.90 Å². The van der Waals surface area contributed by atoms with Gasteiger partial charge in [-0.3, -0.25) is 0 Å². The zero-order chi connectivity index (χ0) is 15.9. The molecule has 0 saturated heterocycles. The molecule has 0 spiro atoms. The molecule has 2 rings (SSSR count). The molecule has 1 N–H and O–H groups in total. The van der Waals surface area contributed by atoms with Gasteiger partial charge in [-0.1, -0.05) is 55.5 Å². The van der Waals surface area contributed by atoms with Crippen LogP contribution in [0.15, 0.2) is 48.5 Å². The molecule has 0 aliphatic rings. The van der Waals surface area contributed by atoms with Crippen molar-refractivity contribution in [2.45, 2.75) is 26.7 Å². The zero-order valence-electron chi connectivity index (χ0n) is 13.6. The lowest BCUT2D eigenvalue weighted by Crippen LogP contribution is -2.33. The smallest absolute Gasteiger partial charge is 0.321 e. The highest BCUT2D eigenvalue weighted by Gasteiger charge is 2.12. The first-order valence-corrected chi connectivity index (χ1v) is 7.76. The molecule has 116 valence electrons. The highest BCUT2D eigenvalue weighted by Crippen LogP contribution is 2.21. The molecular formula is C19H24N2O. The highest BCUT2D eigenvalue weighted by molar-refractivity contribution is 5.91. The third-order valence-electron chi connectivity index (χ3n) is 3.90. The molecule has 0 atom stereocenters. The summed E-state index contributed by atoms with van der Waals surface area (Å²) in [7, 11) is 1.84. The van der Waals surface area contributed by atoms with Crippen LogP contribution in [0.5, 0.6) is 0 Å². The zero-order valence-corrected chi connectivity index (χ0v) is 13.6. The second kappa shape index (κ2) is 7.64. The van der Waals surface area contributed by atoms with E-state index in [1.807, 2.05) is 44.3 Å². The molecule has 22 heavy (non-hydrogen) atoms. The number of para-hydroxylation sites is 1. The van der Waals surface area contributed by atoms with Crippen molar-refractivity contribution in [3.05, 3.63) is 65.2 Å². The number of urea groups is 1. The summed E-state index contributed by atoms with van der Waals surface area (Å²) in [6, 6.07) is 16.3. The van der Waals surface area contributed by atoms with Gasteiger partial charge in [0.25, 0.3) is 0 Å². The molecule has 3 heteroatoms. The summed E-state index contributed by atoms with van der Waals surface area (Å²) < 4.78 is 0. The number of carbonyl (C=O) groups excluding carboxylic acids is 1. The molecule has 0 saturated carbocycles. The number of rotatable bonds is 5. The minimum atomic E-state index is -0.0556. The predicted molar refractivity (Wildman–Crippen MR) is 92.4 cm³/mol. The minimum Gasteiger partial charge on any atom is -0.327 e. The maximum absolute atomic E-state index is 12.4. The summed E-state index contributed by atoms with van der Waals surface area (Å²) in [5.41, 5.74) is 4.46. The van der Waals surface area contributed by atoms with Gasteiger partial charge >= 0.3 is 6.03 Å². The maximum Gasteiger partial charge on any atom is 0.321 e. The topological polar surface area (TPSA) is 32.3 Å². The van der Waals surface area contributed by atoms with E-state index in [4.69, 9.17) is 0 Å². The molecule has 2 amide bonds. The van der Waals surface area contributed by atoms with Gasteiger partial charge in [-0.25, -0.2) is 4.79 Å². The number of benzene rings is 2. The standard InChI is InChI=1S/C19H24N2O/c1-4-17-12-8-9-15(2)18(17)20-19(22)21(3)14-13-16-10-6-5-7-11-16/h5-12H,4,13-14H2,1-3H3,(H,20,22). The Kier molecular flexibility index (Phi) is 5.59. The average Bonchev–Trinajstić information content (AvgIpc) is 2.55. The summed E-state index contributed by atoms with van der Waals surface area (Å²) >= 11 is 0. The maximum atomic E-state index is 12.4. The third-order valence-corrected chi connectivity index (χ3v) is 3.90. The molecule has 3 nitrogen and oxygen atoms in total. The third kappa shape index (κ3) is 4.10. The van der Waals surface area contributed by atoms with E-state index in [0.29, 0.717) is 6.54 Å². The number of amides is 2. The summed E-state index contributed by atoms with van der Waals surface area (Å²) in [5, 5.41) is 3.05. The summed E-state index contributed by atoms with van der Waals surface area (Å²) in [5.74, 6) is 0. The Morgan fingerprint density at radius 2 is 1.82 bits per heavy atom. The van der Waals surface area contributed by atoms with Gasteiger partial charge in [0.2, 0.25) is 0 Å². The van der Waals surface area contributed by atoms with Gasteiger partial charge in [0.1, 0.15) is 0 Å². The van der Waals surface area contributed by atoms with Crippen LogP contribution in [0.1, 0.15) is 23.6 Å². The van der Waals surface area contributed by atoms with Crippen molar-refractivity contribution >= 4 is 11.7 Å². The van der Waals surface area contributed by atoms with Crippen LogP contribution < -0.4 is 5.32 Å². The van der Waals surface area contributed by atoms with Gasteiger partial charge in [-0.05, 0) is 36.5 Å². The molecule has 0 bridgehead atoms. The average molecular weight is 296 g/mol. The van der Waals surface area contributed by atoms with Gasteiger partial charge < -0.3 is 10.2 Å². The second-order valence-corrected chi connectivity index (χ2v) is 5.55. The van der Waals surface area contributed by atoms with Crippen LogP contribution >= 0.6 is 0 Å². The van der Waals surface area contributed by atoms with E-state index in [9.17, 15) is 4.79 Å². The molecule has 0 fully saturated rings. The Morgan fingerprint density at radius 1 is 1.09 bits per heavy atom. The van der Waals surface area contributed by atoms with Crippen LogP contribution in [0.2, 0.25) is 0 Å². The van der Waals surface area contributed by atoms with Crippen LogP contribution in [-0.4, -0.2) is 24.5 Å². The van der Waals surface area contributed by atoms with Crippen molar-refractivity contribution in [3.63, 3.8) is 0 Å². The van der Waals surface area contributed by atoms with Gasteiger partial charge in [0, 0.05) is 19.3 Å². The summed E-state index contributed by atoms with van der Waals surface area (Å²) in [6.07, 6.45) is 1.77. The molecular weight excluding hydrogens is 272 g/mol. The second-order valence-electron chi connectivity index (χ2n) is 5.55. The number of nitrogens with zero attached hydrogens (tertiary/aromatic N) is 1. The number of hydrogen-bond donors (Lipinski definition) is 1. The first-order chi connectivity index (χ1) is 10.6. The molecule has 0 aliphatic heterocycles. The summed E-state index contributed by atoms with van der Waals surface area (Å²) in [6.45, 7) is 4.82. The van der Waals surface area contributed by atoms with Crippen LogP contribution in [0, 0.1) is 6.92 Å². The number of carbonyl (C=O) groups is 1. The van der Waals surface area contributed by atoms with Crippen molar-refractivity contribution < 1.29 is 4.79 Å². The fourth-order valence-electron chi connectivity index (χ4n) is 2.45. The largest absolute Gasteiger partial charge is 0.327 e. The molecule has 0 heterocycles. The Bertz CT molecular complexity index is 623. The van der Waals surface area contributed by atoms with Crippen molar-refractivity contribution in [1.29, 1.82) is 0 Å². The lowest BCUT2D eigenvalue weighted by molar-refractivity contribution is 0.223. The van der Waals surface area contributed by atoms with E-state index >= 15 is 0 Å². The van der Waals surface area contributed by atoms with Crippen LogP contribution in [0.4, 0.5) is 10.5 Å². The van der Waals surface area contributed by atoms with Crippen molar-refractivity contribution in [2.75, 3.05) is 18.9 Å². The Balaban J connectivity index is 1.97. The molecule has 0 unspecified atom stereocenters. The minimum absolute atomic E-state index is 0.0556. The monoisotopic (exact) mass is 296 g/mol. The van der Waals surface area contributed by atoms with E-state index in [2.05, 4.69) is 30.4 Å². The van der Waals surface area contributed by atoms with Crippen LogP contribution in [0.25, 0.3) is 0 Å². The number of aryl methyl sites for hydroxylation is 2. The van der Waals surface area contributed by atoms with Crippen molar-refractivity contribution in [3.8, 4) is 0 Å². The molecule has 0 aliphatic carbocycles. The molecule has 0 aromatic heterocycles. The highest BCUT2D eigenvalue weighted by atomic mass is 16.2. The summed E-state index contributed by atoms with van der Waals surface area (Å²) in [4.78, 5) is 14.1.